The molecule has 1 aromatic carbocycles. The lowest BCUT2D eigenvalue weighted by atomic mass is 10.1. The summed E-state index contributed by atoms with van der Waals surface area (Å²) in [4.78, 5) is 14.7. The molecule has 3 rings (SSSR count). The Morgan fingerprint density at radius 1 is 1.43 bits per heavy atom. The second-order valence-corrected chi connectivity index (χ2v) is 5.82. The van der Waals surface area contributed by atoms with Crippen molar-refractivity contribution < 1.29 is 23.4 Å². The second-order valence-electron chi connectivity index (χ2n) is 5.82. The van der Waals surface area contributed by atoms with Gasteiger partial charge in [0.15, 0.2) is 11.6 Å². The molecule has 126 valence electrons. The van der Waals surface area contributed by atoms with Gasteiger partial charge in [-0.25, -0.2) is 4.39 Å². The fraction of sp³-hybridized carbons (Fsp3) is 0.588. The largest absolute Gasteiger partial charge is 0.494 e. The first-order valence-electron chi connectivity index (χ1n) is 8.03. The lowest BCUT2D eigenvalue weighted by molar-refractivity contribution is -0.102. The van der Waals surface area contributed by atoms with Gasteiger partial charge in [0.05, 0.1) is 25.9 Å². The molecule has 0 N–H and O–H groups in total. The molecule has 1 saturated heterocycles. The minimum Gasteiger partial charge on any atom is -0.494 e. The molecular formula is C17H22FNO4. The average molecular weight is 323 g/mol. The van der Waals surface area contributed by atoms with Gasteiger partial charge in [-0.15, -0.1) is 0 Å². The zero-order valence-electron chi connectivity index (χ0n) is 13.5. The normalized spacial score (nSPS) is 26.9. The molecule has 23 heavy (non-hydrogen) atoms. The number of rotatable bonds is 4. The Kier molecular flexibility index (Phi) is 4.82. The zero-order chi connectivity index (χ0) is 16.4. The first-order valence-corrected chi connectivity index (χ1v) is 8.03. The summed E-state index contributed by atoms with van der Waals surface area (Å²) in [6, 6.07) is 4.24. The van der Waals surface area contributed by atoms with Crippen LogP contribution in [0.1, 0.15) is 30.1 Å². The van der Waals surface area contributed by atoms with Crippen LogP contribution in [-0.4, -0.2) is 55.9 Å². The Morgan fingerprint density at radius 2 is 2.26 bits per heavy atom. The standard InChI is InChI=1S/C17H22FNO4/c1-3-22-14-7-6-13-16(14)23-9-8-19(13)17(20)11-4-5-12(18)15(10-11)21-2/h4-5,10,13-14,16H,3,6-9H2,1-2H3/t13-,14-,16-/m1/s1. The fourth-order valence-corrected chi connectivity index (χ4v) is 3.52. The van der Waals surface area contributed by atoms with E-state index in [0.717, 1.165) is 12.8 Å². The molecule has 0 aromatic heterocycles. The number of nitrogens with zero attached hydrogens (tertiary/aromatic N) is 1. The van der Waals surface area contributed by atoms with Crippen LogP contribution < -0.4 is 4.74 Å². The molecule has 1 aliphatic carbocycles. The number of carbonyl (C=O) groups is 1. The van der Waals surface area contributed by atoms with Crippen LogP contribution in [0.2, 0.25) is 0 Å². The molecule has 0 spiro atoms. The number of amides is 1. The predicted octanol–water partition coefficient (Wildman–Crippen LogP) is 2.24. The van der Waals surface area contributed by atoms with Gasteiger partial charge in [0.2, 0.25) is 0 Å². The highest BCUT2D eigenvalue weighted by atomic mass is 19.1. The minimum absolute atomic E-state index is 0.0175. The van der Waals surface area contributed by atoms with Crippen molar-refractivity contribution in [1.29, 1.82) is 0 Å². The van der Waals surface area contributed by atoms with E-state index in [9.17, 15) is 9.18 Å². The molecule has 1 amide bonds. The molecule has 1 aliphatic heterocycles. The molecule has 0 unspecified atom stereocenters. The Balaban J connectivity index is 1.79. The molecule has 1 saturated carbocycles. The Morgan fingerprint density at radius 3 is 3.00 bits per heavy atom. The number of halogens is 1. The number of hydrogen-bond acceptors (Lipinski definition) is 4. The van der Waals surface area contributed by atoms with Crippen LogP contribution in [0.15, 0.2) is 18.2 Å². The Labute approximate surface area is 135 Å². The van der Waals surface area contributed by atoms with Gasteiger partial charge in [-0.1, -0.05) is 0 Å². The summed E-state index contributed by atoms with van der Waals surface area (Å²) in [5, 5.41) is 0. The van der Waals surface area contributed by atoms with E-state index in [-0.39, 0.29) is 29.9 Å². The fourth-order valence-electron chi connectivity index (χ4n) is 3.52. The number of ether oxygens (including phenoxy) is 3. The summed E-state index contributed by atoms with van der Waals surface area (Å²) in [7, 11) is 1.39. The first-order chi connectivity index (χ1) is 11.2. The van der Waals surface area contributed by atoms with Gasteiger partial charge in [0.25, 0.3) is 5.91 Å². The van der Waals surface area contributed by atoms with Crippen LogP contribution in [0.25, 0.3) is 0 Å². The number of hydrogen-bond donors (Lipinski definition) is 0. The Bertz CT molecular complexity index is 580. The molecule has 2 fully saturated rings. The monoisotopic (exact) mass is 323 g/mol. The van der Waals surface area contributed by atoms with Crippen molar-refractivity contribution in [1.82, 2.24) is 4.90 Å². The van der Waals surface area contributed by atoms with Crippen LogP contribution in [0.4, 0.5) is 4.39 Å². The molecule has 2 aliphatic rings. The Hall–Kier alpha value is -1.66. The third kappa shape index (κ3) is 3.05. The minimum atomic E-state index is -0.471. The maximum absolute atomic E-state index is 13.5. The van der Waals surface area contributed by atoms with Gasteiger partial charge < -0.3 is 19.1 Å². The van der Waals surface area contributed by atoms with Crippen molar-refractivity contribution in [2.75, 3.05) is 26.9 Å². The van der Waals surface area contributed by atoms with Gasteiger partial charge >= 0.3 is 0 Å². The molecule has 5 nitrogen and oxygen atoms in total. The molecule has 1 heterocycles. The van der Waals surface area contributed by atoms with Gasteiger partial charge in [-0.05, 0) is 38.0 Å². The van der Waals surface area contributed by atoms with Crippen molar-refractivity contribution in [3.8, 4) is 5.75 Å². The van der Waals surface area contributed by atoms with Gasteiger partial charge in [0.1, 0.15) is 6.10 Å². The van der Waals surface area contributed by atoms with Crippen LogP contribution in [0.5, 0.6) is 5.75 Å². The predicted molar refractivity (Wildman–Crippen MR) is 82.2 cm³/mol. The van der Waals surface area contributed by atoms with Gasteiger partial charge in [-0.2, -0.15) is 0 Å². The van der Waals surface area contributed by atoms with Crippen molar-refractivity contribution in [2.24, 2.45) is 0 Å². The van der Waals surface area contributed by atoms with Crippen molar-refractivity contribution in [2.45, 2.75) is 38.0 Å². The van der Waals surface area contributed by atoms with Crippen LogP contribution >= 0.6 is 0 Å². The zero-order valence-corrected chi connectivity index (χ0v) is 13.5. The number of carbonyl (C=O) groups excluding carboxylic acids is 1. The third-order valence-corrected chi connectivity index (χ3v) is 4.58. The molecule has 3 atom stereocenters. The first kappa shape index (κ1) is 16.2. The number of methoxy groups -OCH3 is 1. The lowest BCUT2D eigenvalue weighted by Crippen LogP contribution is -2.53. The molecule has 1 aromatic rings. The topological polar surface area (TPSA) is 48.0 Å². The summed E-state index contributed by atoms with van der Waals surface area (Å²) in [5.74, 6) is -0.501. The van der Waals surface area contributed by atoms with E-state index in [1.165, 1.54) is 25.3 Å². The highest BCUT2D eigenvalue weighted by molar-refractivity contribution is 5.95. The van der Waals surface area contributed by atoms with E-state index in [1.54, 1.807) is 0 Å². The van der Waals surface area contributed by atoms with Gasteiger partial charge in [-0.3, -0.25) is 4.79 Å². The quantitative estimate of drug-likeness (QED) is 0.853. The van der Waals surface area contributed by atoms with E-state index >= 15 is 0 Å². The molecule has 0 radical (unpaired) electrons. The maximum Gasteiger partial charge on any atom is 0.254 e. The van der Waals surface area contributed by atoms with E-state index in [0.29, 0.717) is 25.3 Å². The number of fused-ring (bicyclic) bond motifs is 1. The number of benzene rings is 1. The highest BCUT2D eigenvalue weighted by Crippen LogP contribution is 2.33. The summed E-state index contributed by atoms with van der Waals surface area (Å²) in [6.07, 6.45) is 1.72. The van der Waals surface area contributed by atoms with E-state index in [4.69, 9.17) is 14.2 Å². The van der Waals surface area contributed by atoms with Crippen molar-refractivity contribution >= 4 is 5.91 Å². The summed E-state index contributed by atoms with van der Waals surface area (Å²) >= 11 is 0. The summed E-state index contributed by atoms with van der Waals surface area (Å²) in [5.41, 5.74) is 0.434. The van der Waals surface area contributed by atoms with Crippen LogP contribution in [-0.2, 0) is 9.47 Å². The second kappa shape index (κ2) is 6.84. The summed E-state index contributed by atoms with van der Waals surface area (Å²) in [6.45, 7) is 3.64. The summed E-state index contributed by atoms with van der Waals surface area (Å²) < 4.78 is 30.1. The van der Waals surface area contributed by atoms with E-state index < -0.39 is 5.82 Å². The molecule has 6 heteroatoms. The SMILES string of the molecule is CCO[C@@H]1CC[C@@H]2[C@H]1OCCN2C(=O)c1ccc(F)c(OC)c1. The van der Waals surface area contributed by atoms with Crippen molar-refractivity contribution in [3.05, 3.63) is 29.6 Å². The molecular weight excluding hydrogens is 301 g/mol. The van der Waals surface area contributed by atoms with E-state index in [2.05, 4.69) is 0 Å². The molecule has 0 bridgehead atoms. The highest BCUT2D eigenvalue weighted by Gasteiger charge is 2.45. The van der Waals surface area contributed by atoms with E-state index in [1.807, 2.05) is 11.8 Å². The average Bonchev–Trinajstić information content (AvgIpc) is 2.98. The maximum atomic E-state index is 13.5. The smallest absolute Gasteiger partial charge is 0.254 e. The van der Waals surface area contributed by atoms with Gasteiger partial charge in [0, 0.05) is 18.7 Å². The third-order valence-electron chi connectivity index (χ3n) is 4.58. The lowest BCUT2D eigenvalue weighted by Gasteiger charge is -2.39. The number of morpholine rings is 1. The van der Waals surface area contributed by atoms with Crippen LogP contribution in [0.3, 0.4) is 0 Å². The van der Waals surface area contributed by atoms with Crippen LogP contribution in [0, 0.1) is 5.82 Å². The van der Waals surface area contributed by atoms with Crippen molar-refractivity contribution in [3.63, 3.8) is 0 Å².